The van der Waals surface area contributed by atoms with Crippen LogP contribution in [-0.2, 0) is 10.2 Å². The third-order valence-electron chi connectivity index (χ3n) is 4.60. The van der Waals surface area contributed by atoms with Gasteiger partial charge in [-0.15, -0.1) is 0 Å². The van der Waals surface area contributed by atoms with Gasteiger partial charge in [0.15, 0.2) is 0 Å². The number of ether oxygens (including phenoxy) is 1. The fourth-order valence-electron chi connectivity index (χ4n) is 3.11. The van der Waals surface area contributed by atoms with Gasteiger partial charge in [0.05, 0.1) is 0 Å². The Hall–Kier alpha value is -2.33. The number of carbonyl (C=O) groups excluding carboxylic acids is 1. The lowest BCUT2D eigenvalue weighted by Gasteiger charge is -2.38. The Labute approximate surface area is 136 Å². The first kappa shape index (κ1) is 15.6. The molecule has 1 heterocycles. The average molecular weight is 310 g/mol. The van der Waals surface area contributed by atoms with Crippen LogP contribution in [0, 0.1) is 0 Å². The van der Waals surface area contributed by atoms with E-state index in [-0.39, 0.29) is 11.3 Å². The number of amides is 1. The highest BCUT2D eigenvalue weighted by Gasteiger charge is 2.34. The van der Waals surface area contributed by atoms with E-state index >= 15 is 0 Å². The second-order valence-electron chi connectivity index (χ2n) is 6.06. The molecule has 0 atom stereocenters. The summed E-state index contributed by atoms with van der Waals surface area (Å²) in [7, 11) is 0. The number of nitrogens with one attached hydrogen (secondary N) is 1. The first-order valence-corrected chi connectivity index (χ1v) is 7.97. The number of rotatable bonds is 4. The second kappa shape index (κ2) is 6.84. The van der Waals surface area contributed by atoms with E-state index in [0.29, 0.717) is 17.8 Å². The van der Waals surface area contributed by atoms with Gasteiger partial charge in [0.1, 0.15) is 0 Å². The molecule has 2 aromatic carbocycles. The SMILES string of the molecule is Nc1ccc(C(=O)NCC2(c3ccccc3)CCOCC2)cc1. The minimum atomic E-state index is -0.0632. The van der Waals surface area contributed by atoms with Gasteiger partial charge in [-0.3, -0.25) is 4.79 Å². The highest BCUT2D eigenvalue weighted by molar-refractivity contribution is 5.94. The van der Waals surface area contributed by atoms with Gasteiger partial charge in [0, 0.05) is 36.4 Å². The Morgan fingerprint density at radius 2 is 1.70 bits per heavy atom. The molecule has 0 saturated carbocycles. The van der Waals surface area contributed by atoms with Gasteiger partial charge in [0.2, 0.25) is 0 Å². The van der Waals surface area contributed by atoms with Gasteiger partial charge in [-0.1, -0.05) is 30.3 Å². The fraction of sp³-hybridized carbons (Fsp3) is 0.316. The topological polar surface area (TPSA) is 64.4 Å². The molecule has 4 nitrogen and oxygen atoms in total. The van der Waals surface area contributed by atoms with Gasteiger partial charge in [0.25, 0.3) is 5.91 Å². The largest absolute Gasteiger partial charge is 0.399 e. The Bertz CT molecular complexity index is 647. The van der Waals surface area contributed by atoms with E-state index in [1.165, 1.54) is 5.56 Å². The highest BCUT2D eigenvalue weighted by atomic mass is 16.5. The zero-order valence-corrected chi connectivity index (χ0v) is 13.1. The average Bonchev–Trinajstić information content (AvgIpc) is 2.62. The molecule has 0 aliphatic carbocycles. The number of anilines is 1. The van der Waals surface area contributed by atoms with E-state index in [4.69, 9.17) is 10.5 Å². The van der Waals surface area contributed by atoms with Crippen LogP contribution in [0.15, 0.2) is 54.6 Å². The normalized spacial score (nSPS) is 16.7. The molecule has 0 unspecified atom stereocenters. The molecule has 0 bridgehead atoms. The summed E-state index contributed by atoms with van der Waals surface area (Å²) in [6.07, 6.45) is 1.83. The van der Waals surface area contributed by atoms with Crippen LogP contribution in [0.3, 0.4) is 0 Å². The number of hydrogen-bond donors (Lipinski definition) is 2. The van der Waals surface area contributed by atoms with Gasteiger partial charge in [-0.25, -0.2) is 0 Å². The Balaban J connectivity index is 1.74. The van der Waals surface area contributed by atoms with Crippen LogP contribution in [0.5, 0.6) is 0 Å². The smallest absolute Gasteiger partial charge is 0.251 e. The minimum absolute atomic E-state index is 0.0526. The summed E-state index contributed by atoms with van der Waals surface area (Å²) in [6, 6.07) is 17.4. The van der Waals surface area contributed by atoms with E-state index in [1.54, 1.807) is 24.3 Å². The minimum Gasteiger partial charge on any atom is -0.399 e. The van der Waals surface area contributed by atoms with Crippen LogP contribution in [-0.4, -0.2) is 25.7 Å². The molecule has 1 fully saturated rings. The molecule has 120 valence electrons. The lowest BCUT2D eigenvalue weighted by Crippen LogP contribution is -2.44. The van der Waals surface area contributed by atoms with E-state index < -0.39 is 0 Å². The molecule has 23 heavy (non-hydrogen) atoms. The van der Waals surface area contributed by atoms with Crippen LogP contribution in [0.4, 0.5) is 5.69 Å². The number of benzene rings is 2. The molecule has 1 aliphatic heterocycles. The van der Waals surface area contributed by atoms with Crippen LogP contribution in [0.1, 0.15) is 28.8 Å². The van der Waals surface area contributed by atoms with E-state index in [2.05, 4.69) is 17.4 Å². The van der Waals surface area contributed by atoms with Gasteiger partial charge in [-0.05, 0) is 42.7 Å². The second-order valence-corrected chi connectivity index (χ2v) is 6.06. The lowest BCUT2D eigenvalue weighted by molar-refractivity contribution is 0.0487. The third kappa shape index (κ3) is 3.54. The van der Waals surface area contributed by atoms with Crippen molar-refractivity contribution in [3.8, 4) is 0 Å². The highest BCUT2D eigenvalue weighted by Crippen LogP contribution is 2.34. The molecule has 1 saturated heterocycles. The van der Waals surface area contributed by atoms with Crippen molar-refractivity contribution in [2.45, 2.75) is 18.3 Å². The molecule has 1 aliphatic rings. The Morgan fingerprint density at radius 3 is 2.35 bits per heavy atom. The molecule has 3 N–H and O–H groups in total. The van der Waals surface area contributed by atoms with Gasteiger partial charge in [-0.2, -0.15) is 0 Å². The van der Waals surface area contributed by atoms with Crippen molar-refractivity contribution in [2.75, 3.05) is 25.5 Å². The maximum absolute atomic E-state index is 12.4. The molecule has 0 aromatic heterocycles. The standard InChI is InChI=1S/C19H22N2O2/c20-17-8-6-15(7-9-17)18(22)21-14-19(10-12-23-13-11-19)16-4-2-1-3-5-16/h1-9H,10-14,20H2,(H,21,22). The summed E-state index contributed by atoms with van der Waals surface area (Å²) in [5.74, 6) is -0.0632. The van der Waals surface area contributed by atoms with Crippen molar-refractivity contribution in [1.82, 2.24) is 5.32 Å². The zero-order valence-electron chi connectivity index (χ0n) is 13.1. The van der Waals surface area contributed by atoms with Crippen molar-refractivity contribution in [1.29, 1.82) is 0 Å². The molecular weight excluding hydrogens is 288 g/mol. The molecule has 1 amide bonds. The maximum atomic E-state index is 12.4. The number of hydrogen-bond acceptors (Lipinski definition) is 3. The van der Waals surface area contributed by atoms with Crippen LogP contribution in [0.2, 0.25) is 0 Å². The van der Waals surface area contributed by atoms with Gasteiger partial charge >= 0.3 is 0 Å². The number of nitrogen functional groups attached to an aromatic ring is 1. The van der Waals surface area contributed by atoms with Crippen molar-refractivity contribution in [3.05, 3.63) is 65.7 Å². The predicted molar refractivity (Wildman–Crippen MR) is 91.4 cm³/mol. The summed E-state index contributed by atoms with van der Waals surface area (Å²) in [5, 5.41) is 3.09. The van der Waals surface area contributed by atoms with Crippen LogP contribution < -0.4 is 11.1 Å². The first-order valence-electron chi connectivity index (χ1n) is 7.97. The third-order valence-corrected chi connectivity index (χ3v) is 4.60. The zero-order chi connectivity index (χ0) is 16.1. The summed E-state index contributed by atoms with van der Waals surface area (Å²) < 4.78 is 5.52. The van der Waals surface area contributed by atoms with Crippen molar-refractivity contribution in [2.24, 2.45) is 0 Å². The van der Waals surface area contributed by atoms with Crippen molar-refractivity contribution >= 4 is 11.6 Å². The van der Waals surface area contributed by atoms with E-state index in [1.807, 2.05) is 18.2 Å². The quantitative estimate of drug-likeness (QED) is 0.854. The number of carbonyl (C=O) groups is 1. The first-order chi connectivity index (χ1) is 11.2. The molecule has 2 aromatic rings. The lowest BCUT2D eigenvalue weighted by atomic mass is 9.74. The van der Waals surface area contributed by atoms with Crippen molar-refractivity contribution < 1.29 is 9.53 Å². The van der Waals surface area contributed by atoms with Gasteiger partial charge < -0.3 is 15.8 Å². The van der Waals surface area contributed by atoms with E-state index in [0.717, 1.165) is 26.1 Å². The predicted octanol–water partition coefficient (Wildman–Crippen LogP) is 2.75. The monoisotopic (exact) mass is 310 g/mol. The van der Waals surface area contributed by atoms with Crippen LogP contribution in [0.25, 0.3) is 0 Å². The van der Waals surface area contributed by atoms with Crippen LogP contribution >= 0.6 is 0 Å². The Morgan fingerprint density at radius 1 is 1.04 bits per heavy atom. The molecular formula is C19H22N2O2. The fourth-order valence-corrected chi connectivity index (χ4v) is 3.11. The molecule has 0 radical (unpaired) electrons. The number of nitrogens with two attached hydrogens (primary N) is 1. The molecule has 0 spiro atoms. The van der Waals surface area contributed by atoms with E-state index in [9.17, 15) is 4.79 Å². The Kier molecular flexibility index (Phi) is 4.63. The molecule has 3 rings (SSSR count). The summed E-state index contributed by atoms with van der Waals surface area (Å²) in [6.45, 7) is 2.07. The van der Waals surface area contributed by atoms with Crippen molar-refractivity contribution in [3.63, 3.8) is 0 Å². The molecule has 4 heteroatoms. The summed E-state index contributed by atoms with van der Waals surface area (Å²) in [4.78, 5) is 12.4. The summed E-state index contributed by atoms with van der Waals surface area (Å²) >= 11 is 0. The maximum Gasteiger partial charge on any atom is 0.251 e. The summed E-state index contributed by atoms with van der Waals surface area (Å²) in [5.41, 5.74) is 8.17.